The van der Waals surface area contributed by atoms with Gasteiger partial charge in [-0.3, -0.25) is 0 Å². The molecule has 0 saturated heterocycles. The zero-order valence-electron chi connectivity index (χ0n) is 11.8. The van der Waals surface area contributed by atoms with E-state index in [2.05, 4.69) is 0 Å². The Morgan fingerprint density at radius 1 is 1.30 bits per heavy atom. The Kier molecular flexibility index (Phi) is 2.65. The zero-order valence-corrected chi connectivity index (χ0v) is 11.8. The Bertz CT molecular complexity index is 544. The lowest BCUT2D eigenvalue weighted by Gasteiger charge is -2.39. The number of methoxy groups -OCH3 is 1. The first-order valence-electron chi connectivity index (χ1n) is 7.70. The summed E-state index contributed by atoms with van der Waals surface area (Å²) in [4.78, 5) is 0. The van der Waals surface area contributed by atoms with Crippen LogP contribution >= 0.6 is 0 Å². The SMILES string of the molecule is COc1cccc(C2(O)CC3CC2C2CCCC32)c1F. The molecular formula is C17H21FO2. The van der Waals surface area contributed by atoms with Crippen LogP contribution in [0.15, 0.2) is 18.2 Å². The number of ether oxygens (including phenoxy) is 1. The van der Waals surface area contributed by atoms with Crippen LogP contribution in [-0.4, -0.2) is 12.2 Å². The summed E-state index contributed by atoms with van der Waals surface area (Å²) in [5, 5.41) is 11.2. The molecule has 1 aromatic carbocycles. The molecule has 0 heterocycles. The fraction of sp³-hybridized carbons (Fsp3) is 0.647. The van der Waals surface area contributed by atoms with Gasteiger partial charge in [0.15, 0.2) is 11.6 Å². The number of aliphatic hydroxyl groups is 1. The molecule has 0 aliphatic heterocycles. The number of hydrogen-bond donors (Lipinski definition) is 1. The van der Waals surface area contributed by atoms with Crippen molar-refractivity contribution in [3.63, 3.8) is 0 Å². The molecule has 0 aromatic heterocycles. The largest absolute Gasteiger partial charge is 0.494 e. The molecule has 3 aliphatic carbocycles. The zero-order chi connectivity index (χ0) is 13.9. The third-order valence-corrected chi connectivity index (χ3v) is 6.14. The Balaban J connectivity index is 1.76. The maximum atomic E-state index is 14.6. The van der Waals surface area contributed by atoms with E-state index in [1.54, 1.807) is 18.2 Å². The topological polar surface area (TPSA) is 29.5 Å². The van der Waals surface area contributed by atoms with Crippen LogP contribution in [0.2, 0.25) is 0 Å². The van der Waals surface area contributed by atoms with Gasteiger partial charge in [-0.05, 0) is 55.4 Å². The Morgan fingerprint density at radius 2 is 2.10 bits per heavy atom. The van der Waals surface area contributed by atoms with Crippen molar-refractivity contribution in [1.29, 1.82) is 0 Å². The molecular weight excluding hydrogens is 255 g/mol. The second kappa shape index (κ2) is 4.20. The third-order valence-electron chi connectivity index (χ3n) is 6.14. The quantitative estimate of drug-likeness (QED) is 0.896. The van der Waals surface area contributed by atoms with Crippen LogP contribution in [-0.2, 0) is 5.60 Å². The summed E-state index contributed by atoms with van der Waals surface area (Å²) in [6, 6.07) is 5.14. The highest BCUT2D eigenvalue weighted by atomic mass is 19.1. The molecule has 5 unspecified atom stereocenters. The third kappa shape index (κ3) is 1.47. The van der Waals surface area contributed by atoms with Gasteiger partial charge >= 0.3 is 0 Å². The lowest BCUT2D eigenvalue weighted by molar-refractivity contribution is -0.0539. The van der Waals surface area contributed by atoms with E-state index in [1.807, 2.05) is 0 Å². The maximum Gasteiger partial charge on any atom is 0.171 e. The first-order chi connectivity index (χ1) is 9.65. The molecule has 0 spiro atoms. The average Bonchev–Trinajstić information content (AvgIpc) is 3.09. The maximum absolute atomic E-state index is 14.6. The van der Waals surface area contributed by atoms with Crippen molar-refractivity contribution in [1.82, 2.24) is 0 Å². The molecule has 0 radical (unpaired) electrons. The second-order valence-corrected chi connectivity index (χ2v) is 6.81. The van der Waals surface area contributed by atoms with E-state index >= 15 is 0 Å². The molecule has 3 fully saturated rings. The summed E-state index contributed by atoms with van der Waals surface area (Å²) in [5.74, 6) is 2.07. The highest BCUT2D eigenvalue weighted by molar-refractivity contribution is 5.37. The van der Waals surface area contributed by atoms with Crippen molar-refractivity contribution in [2.75, 3.05) is 7.11 Å². The molecule has 3 saturated carbocycles. The van der Waals surface area contributed by atoms with E-state index in [1.165, 1.54) is 26.4 Å². The van der Waals surface area contributed by atoms with Gasteiger partial charge < -0.3 is 9.84 Å². The van der Waals surface area contributed by atoms with E-state index < -0.39 is 5.60 Å². The molecule has 2 nitrogen and oxygen atoms in total. The van der Waals surface area contributed by atoms with Gasteiger partial charge in [-0.1, -0.05) is 18.6 Å². The van der Waals surface area contributed by atoms with E-state index in [0.717, 1.165) is 18.8 Å². The number of halogens is 1. The van der Waals surface area contributed by atoms with Crippen molar-refractivity contribution in [2.24, 2.45) is 23.7 Å². The summed E-state index contributed by atoms with van der Waals surface area (Å²) in [7, 11) is 1.47. The van der Waals surface area contributed by atoms with Crippen LogP contribution in [0.25, 0.3) is 0 Å². The van der Waals surface area contributed by atoms with E-state index in [-0.39, 0.29) is 17.5 Å². The van der Waals surface area contributed by atoms with Gasteiger partial charge in [0.25, 0.3) is 0 Å². The predicted octanol–water partition coefficient (Wildman–Crippen LogP) is 3.48. The first-order valence-corrected chi connectivity index (χ1v) is 7.70. The Hall–Kier alpha value is -1.09. The standard InChI is InChI=1S/C17H21FO2/c1-20-15-7-3-6-13(16(15)18)17(19)9-10-8-14(17)12-5-2-4-11(10)12/h3,6-7,10-12,14,19H,2,4-5,8-9H2,1H3. The summed E-state index contributed by atoms with van der Waals surface area (Å²) >= 11 is 0. The van der Waals surface area contributed by atoms with Crippen molar-refractivity contribution in [3.8, 4) is 5.75 Å². The molecule has 1 aromatic rings. The lowest BCUT2D eigenvalue weighted by Crippen LogP contribution is -2.39. The lowest BCUT2D eigenvalue weighted by atomic mass is 9.70. The molecule has 4 rings (SSSR count). The minimum atomic E-state index is -0.977. The van der Waals surface area contributed by atoms with Gasteiger partial charge in [0.1, 0.15) is 0 Å². The fourth-order valence-corrected chi connectivity index (χ4v) is 5.43. The second-order valence-electron chi connectivity index (χ2n) is 6.81. The van der Waals surface area contributed by atoms with Crippen molar-refractivity contribution < 1.29 is 14.2 Å². The molecule has 3 aliphatic rings. The highest BCUT2D eigenvalue weighted by Crippen LogP contribution is 2.65. The van der Waals surface area contributed by atoms with Gasteiger partial charge in [-0.15, -0.1) is 0 Å². The molecule has 5 atom stereocenters. The Morgan fingerprint density at radius 3 is 2.90 bits per heavy atom. The minimum Gasteiger partial charge on any atom is -0.494 e. The summed E-state index contributed by atoms with van der Waals surface area (Å²) in [5.41, 5.74) is -0.524. The normalized spacial score (nSPS) is 42.0. The average molecular weight is 276 g/mol. The molecule has 2 bridgehead atoms. The van der Waals surface area contributed by atoms with E-state index in [4.69, 9.17) is 4.74 Å². The number of benzene rings is 1. The first kappa shape index (κ1) is 12.6. The monoisotopic (exact) mass is 276 g/mol. The van der Waals surface area contributed by atoms with Crippen LogP contribution in [0.5, 0.6) is 5.75 Å². The fourth-order valence-electron chi connectivity index (χ4n) is 5.43. The minimum absolute atomic E-state index is 0.238. The summed E-state index contributed by atoms with van der Waals surface area (Å²) in [6.45, 7) is 0. The van der Waals surface area contributed by atoms with Crippen LogP contribution in [0.1, 0.15) is 37.7 Å². The molecule has 0 amide bonds. The number of hydrogen-bond acceptors (Lipinski definition) is 2. The predicted molar refractivity (Wildman–Crippen MR) is 73.9 cm³/mol. The van der Waals surface area contributed by atoms with Gasteiger partial charge in [-0.25, -0.2) is 4.39 Å². The highest BCUT2D eigenvalue weighted by Gasteiger charge is 2.61. The van der Waals surface area contributed by atoms with Crippen molar-refractivity contribution >= 4 is 0 Å². The van der Waals surface area contributed by atoms with Gasteiger partial charge in [0.05, 0.1) is 12.7 Å². The number of rotatable bonds is 2. The van der Waals surface area contributed by atoms with Crippen LogP contribution < -0.4 is 4.74 Å². The van der Waals surface area contributed by atoms with E-state index in [0.29, 0.717) is 17.4 Å². The van der Waals surface area contributed by atoms with Crippen LogP contribution in [0, 0.1) is 29.5 Å². The van der Waals surface area contributed by atoms with Crippen LogP contribution in [0.3, 0.4) is 0 Å². The Labute approximate surface area is 119 Å². The molecule has 108 valence electrons. The molecule has 3 heteroatoms. The van der Waals surface area contributed by atoms with Crippen molar-refractivity contribution in [3.05, 3.63) is 29.6 Å². The van der Waals surface area contributed by atoms with Crippen LogP contribution in [0.4, 0.5) is 4.39 Å². The molecule has 1 N–H and O–H groups in total. The van der Waals surface area contributed by atoms with E-state index in [9.17, 15) is 9.50 Å². The summed E-state index contributed by atoms with van der Waals surface area (Å²) in [6.07, 6.45) is 5.59. The van der Waals surface area contributed by atoms with Gasteiger partial charge in [0.2, 0.25) is 0 Å². The smallest absolute Gasteiger partial charge is 0.171 e. The number of fused-ring (bicyclic) bond motifs is 5. The molecule has 20 heavy (non-hydrogen) atoms. The van der Waals surface area contributed by atoms with Gasteiger partial charge in [0, 0.05) is 5.56 Å². The van der Waals surface area contributed by atoms with Gasteiger partial charge in [-0.2, -0.15) is 0 Å². The van der Waals surface area contributed by atoms with Crippen molar-refractivity contribution in [2.45, 2.75) is 37.7 Å². The summed E-state index contributed by atoms with van der Waals surface area (Å²) < 4.78 is 19.6.